The fourth-order valence-electron chi connectivity index (χ4n) is 2.71. The van der Waals surface area contributed by atoms with E-state index in [4.69, 9.17) is 26.7 Å². The number of hydrogen-bond donors (Lipinski definition) is 2. The number of carbonyl (C=O) groups is 1. The molecule has 3 rings (SSSR count). The normalized spacial score (nSPS) is 10.8. The van der Waals surface area contributed by atoms with Crippen LogP contribution in [0.3, 0.4) is 0 Å². The Morgan fingerprint density at radius 1 is 1.10 bits per heavy atom. The third-order valence-electron chi connectivity index (χ3n) is 4.05. The molecule has 7 nitrogen and oxygen atoms in total. The summed E-state index contributed by atoms with van der Waals surface area (Å²) >= 11 is 5.92. The Kier molecular flexibility index (Phi) is 6.37. The van der Waals surface area contributed by atoms with Crippen LogP contribution >= 0.6 is 11.6 Å². The van der Waals surface area contributed by atoms with E-state index in [9.17, 15) is 13.2 Å². The second-order valence-corrected chi connectivity index (χ2v) is 8.23. The average molecular weight is 442 g/mol. The molecule has 3 aromatic rings. The number of nitrogens with two attached hydrogens (primary N) is 1. The Morgan fingerprint density at radius 2 is 1.87 bits per heavy atom. The molecule has 9 heteroatoms. The average Bonchev–Trinajstić information content (AvgIpc) is 2.69. The molecule has 3 N–H and O–H groups in total. The van der Waals surface area contributed by atoms with Gasteiger partial charge in [0.1, 0.15) is 16.4 Å². The first-order valence-corrected chi connectivity index (χ1v) is 10.6. The van der Waals surface area contributed by atoms with Crippen LogP contribution in [-0.4, -0.2) is 14.3 Å². The molecule has 0 atom stereocenters. The summed E-state index contributed by atoms with van der Waals surface area (Å²) < 4.78 is 29.7. The monoisotopic (exact) mass is 441 g/mol. The van der Waals surface area contributed by atoms with Crippen LogP contribution in [0.4, 0.5) is 5.69 Å². The van der Waals surface area contributed by atoms with Crippen molar-refractivity contribution in [2.24, 2.45) is 5.14 Å². The molecule has 152 valence electrons. The van der Waals surface area contributed by atoms with Crippen LogP contribution in [0.15, 0.2) is 71.6 Å². The third kappa shape index (κ3) is 5.36. The summed E-state index contributed by atoms with van der Waals surface area (Å²) in [6, 6.07) is 19.3. The number of nitrogens with zero attached hydrogens (tertiary/aromatic N) is 1. The number of nitrogens with one attached hydrogen (secondary N) is 1. The smallest absolute Gasteiger partial charge is 0.241 e. The molecule has 30 heavy (non-hydrogen) atoms. The van der Waals surface area contributed by atoms with Crippen molar-refractivity contribution in [2.75, 3.05) is 5.32 Å². The van der Waals surface area contributed by atoms with Crippen LogP contribution in [0, 0.1) is 11.3 Å². The van der Waals surface area contributed by atoms with Gasteiger partial charge in [0.15, 0.2) is 0 Å². The van der Waals surface area contributed by atoms with E-state index in [1.165, 1.54) is 24.3 Å². The number of ether oxygens (including phenoxy) is 1. The van der Waals surface area contributed by atoms with Crippen molar-refractivity contribution >= 4 is 33.2 Å². The summed E-state index contributed by atoms with van der Waals surface area (Å²) in [7, 11) is -4.14. The summed E-state index contributed by atoms with van der Waals surface area (Å²) in [5.41, 5.74) is 1.17. The molecule has 1 amide bonds. The number of nitriles is 1. The van der Waals surface area contributed by atoms with Gasteiger partial charge in [-0.1, -0.05) is 35.9 Å². The van der Waals surface area contributed by atoms with Crippen LogP contribution in [-0.2, 0) is 21.2 Å². The van der Waals surface area contributed by atoms with Crippen molar-refractivity contribution in [2.45, 2.75) is 11.3 Å². The number of hydrogen-bond acceptors (Lipinski definition) is 5. The van der Waals surface area contributed by atoms with Crippen molar-refractivity contribution < 1.29 is 17.9 Å². The number of benzene rings is 3. The van der Waals surface area contributed by atoms with Gasteiger partial charge >= 0.3 is 0 Å². The number of primary sulfonamides is 1. The topological polar surface area (TPSA) is 122 Å². The van der Waals surface area contributed by atoms with Crippen LogP contribution in [0.1, 0.15) is 11.1 Å². The number of anilines is 1. The van der Waals surface area contributed by atoms with E-state index in [1.807, 2.05) is 6.07 Å². The van der Waals surface area contributed by atoms with Gasteiger partial charge in [-0.25, -0.2) is 13.6 Å². The Bertz CT molecular complexity index is 1250. The van der Waals surface area contributed by atoms with Gasteiger partial charge in [0.2, 0.25) is 15.9 Å². The second kappa shape index (κ2) is 8.97. The van der Waals surface area contributed by atoms with Gasteiger partial charge < -0.3 is 10.1 Å². The molecule has 3 aromatic carbocycles. The standard InChI is InChI=1S/C21H16ClN3O4S/c22-16-6-3-7-18(11-16)29-19-9-8-17(12-20(19)30(24,27)28)25-21(26)10-14-4-1-2-5-15(14)13-23/h1-9,11-12H,10H2,(H,25,26)(H2,24,27,28). The molecule has 0 bridgehead atoms. The molecule has 0 radical (unpaired) electrons. The highest BCUT2D eigenvalue weighted by atomic mass is 35.5. The van der Waals surface area contributed by atoms with Crippen molar-refractivity contribution in [3.8, 4) is 17.6 Å². The van der Waals surface area contributed by atoms with Gasteiger partial charge in [-0.2, -0.15) is 5.26 Å². The van der Waals surface area contributed by atoms with E-state index in [0.29, 0.717) is 21.9 Å². The fourth-order valence-corrected chi connectivity index (χ4v) is 3.57. The lowest BCUT2D eigenvalue weighted by atomic mass is 10.1. The number of carbonyl (C=O) groups excluding carboxylic acids is 1. The van der Waals surface area contributed by atoms with E-state index in [0.717, 1.165) is 0 Å². The number of sulfonamides is 1. The zero-order valence-electron chi connectivity index (χ0n) is 15.5. The Hall–Kier alpha value is -3.38. The van der Waals surface area contributed by atoms with Gasteiger partial charge in [-0.3, -0.25) is 4.79 Å². The first-order chi connectivity index (χ1) is 14.3. The van der Waals surface area contributed by atoms with Gasteiger partial charge in [-0.05, 0) is 48.0 Å². The molecule has 0 aromatic heterocycles. The van der Waals surface area contributed by atoms with E-state index < -0.39 is 15.9 Å². The van der Waals surface area contributed by atoms with Crippen LogP contribution in [0.5, 0.6) is 11.5 Å². The van der Waals surface area contributed by atoms with E-state index in [1.54, 1.807) is 42.5 Å². The van der Waals surface area contributed by atoms with Crippen molar-refractivity contribution in [1.82, 2.24) is 0 Å². The fraction of sp³-hybridized carbons (Fsp3) is 0.0476. The first kappa shape index (κ1) is 21.3. The lowest BCUT2D eigenvalue weighted by Crippen LogP contribution is -2.17. The maximum Gasteiger partial charge on any atom is 0.241 e. The van der Waals surface area contributed by atoms with Crippen molar-refractivity contribution in [3.05, 3.63) is 82.9 Å². The molecule has 0 aliphatic rings. The molecule has 0 aliphatic heterocycles. The molecular formula is C21H16ClN3O4S. The highest BCUT2D eigenvalue weighted by Gasteiger charge is 2.18. The lowest BCUT2D eigenvalue weighted by Gasteiger charge is -2.13. The quantitative estimate of drug-likeness (QED) is 0.601. The zero-order chi connectivity index (χ0) is 21.7. The van der Waals surface area contributed by atoms with Gasteiger partial charge in [0.05, 0.1) is 18.1 Å². The molecular weight excluding hydrogens is 426 g/mol. The van der Waals surface area contributed by atoms with Crippen molar-refractivity contribution in [3.63, 3.8) is 0 Å². The largest absolute Gasteiger partial charge is 0.456 e. The Labute approximate surface area is 178 Å². The molecule has 0 saturated carbocycles. The van der Waals surface area contributed by atoms with E-state index >= 15 is 0 Å². The summed E-state index contributed by atoms with van der Waals surface area (Å²) in [4.78, 5) is 12.1. The van der Waals surface area contributed by atoms with Gasteiger partial charge in [0.25, 0.3) is 0 Å². The number of halogens is 1. The summed E-state index contributed by atoms with van der Waals surface area (Å²) in [5, 5.41) is 17.5. The molecule has 0 saturated heterocycles. The predicted octanol–water partition coefficient (Wildman–Crippen LogP) is 3.83. The maximum absolute atomic E-state index is 12.4. The van der Waals surface area contributed by atoms with Gasteiger partial charge in [-0.15, -0.1) is 0 Å². The highest BCUT2D eigenvalue weighted by molar-refractivity contribution is 7.89. The summed E-state index contributed by atoms with van der Waals surface area (Å²) in [5.74, 6) is -0.0912. The summed E-state index contributed by atoms with van der Waals surface area (Å²) in [6.45, 7) is 0. The van der Waals surface area contributed by atoms with E-state index in [2.05, 4.69) is 5.32 Å². The van der Waals surface area contributed by atoms with E-state index in [-0.39, 0.29) is 22.8 Å². The first-order valence-electron chi connectivity index (χ1n) is 8.64. The zero-order valence-corrected chi connectivity index (χ0v) is 17.1. The minimum absolute atomic E-state index is 0.00686. The van der Waals surface area contributed by atoms with Crippen LogP contribution < -0.4 is 15.2 Å². The minimum atomic E-state index is -4.14. The summed E-state index contributed by atoms with van der Waals surface area (Å²) in [6.07, 6.45) is -0.0464. The number of rotatable bonds is 6. The Balaban J connectivity index is 1.84. The minimum Gasteiger partial charge on any atom is -0.456 e. The Morgan fingerprint density at radius 3 is 2.57 bits per heavy atom. The maximum atomic E-state index is 12.4. The van der Waals surface area contributed by atoms with Crippen LogP contribution in [0.25, 0.3) is 0 Å². The van der Waals surface area contributed by atoms with Gasteiger partial charge in [0, 0.05) is 10.7 Å². The lowest BCUT2D eigenvalue weighted by molar-refractivity contribution is -0.115. The van der Waals surface area contributed by atoms with Crippen LogP contribution in [0.2, 0.25) is 5.02 Å². The third-order valence-corrected chi connectivity index (χ3v) is 5.21. The van der Waals surface area contributed by atoms with Crippen molar-refractivity contribution in [1.29, 1.82) is 5.26 Å². The SMILES string of the molecule is N#Cc1ccccc1CC(=O)Nc1ccc(Oc2cccc(Cl)c2)c(S(N)(=O)=O)c1. The molecule has 0 fully saturated rings. The number of amides is 1. The molecule has 0 spiro atoms. The molecule has 0 heterocycles. The predicted molar refractivity (Wildman–Crippen MR) is 113 cm³/mol. The second-order valence-electron chi connectivity index (χ2n) is 6.26. The molecule has 0 aliphatic carbocycles. The molecule has 0 unspecified atom stereocenters. The highest BCUT2D eigenvalue weighted by Crippen LogP contribution is 2.31.